The van der Waals surface area contributed by atoms with Crippen molar-refractivity contribution in [2.24, 2.45) is 11.7 Å². The topological polar surface area (TPSA) is 26.0 Å². The van der Waals surface area contributed by atoms with E-state index in [1.54, 1.807) is 4.91 Å². The number of fused-ring (bicyclic) bond motifs is 2. The van der Waals surface area contributed by atoms with Gasteiger partial charge in [0.05, 0.1) is 0 Å². The molecule has 1 unspecified atom stereocenters. The molecule has 3 aliphatic rings. The van der Waals surface area contributed by atoms with E-state index in [0.717, 1.165) is 12.1 Å². The predicted molar refractivity (Wildman–Crippen MR) is 61.5 cm³/mol. The summed E-state index contributed by atoms with van der Waals surface area (Å²) in [5.74, 6) is 0.580. The maximum Gasteiger partial charge on any atom is 0.0417 e. The highest BCUT2D eigenvalue weighted by atomic mass is 32.2. The molecule has 0 bridgehead atoms. The van der Waals surface area contributed by atoms with E-state index in [-0.39, 0.29) is 0 Å². The van der Waals surface area contributed by atoms with Gasteiger partial charge in [-0.25, -0.2) is 0 Å². The number of hydrogen-bond acceptors (Lipinski definition) is 2. The van der Waals surface area contributed by atoms with E-state index in [0.29, 0.717) is 5.92 Å². The van der Waals surface area contributed by atoms with Crippen LogP contribution in [0, 0.1) is 5.92 Å². The van der Waals surface area contributed by atoms with E-state index in [1.807, 2.05) is 11.8 Å². The molecule has 2 heteroatoms. The molecule has 0 aromatic heterocycles. The summed E-state index contributed by atoms with van der Waals surface area (Å²) in [5, 5.41) is 0. The molecule has 0 aromatic carbocycles. The molecule has 3 rings (SSSR count). The molecule has 0 aromatic rings. The smallest absolute Gasteiger partial charge is 0.0417 e. The summed E-state index contributed by atoms with van der Waals surface area (Å²) in [4.78, 5) is 2.95. The standard InChI is InChI=1S/C12H13NS/c13-10-6-3-5-9-8-4-1-2-7-11(8)14-12(9)10/h1,3-4,6,9H,2,5,7,13H2. The summed E-state index contributed by atoms with van der Waals surface area (Å²) in [7, 11) is 0. The van der Waals surface area contributed by atoms with Crippen LogP contribution < -0.4 is 5.73 Å². The van der Waals surface area contributed by atoms with Gasteiger partial charge in [-0.3, -0.25) is 0 Å². The molecular formula is C12H13NS. The third-order valence-electron chi connectivity index (χ3n) is 3.04. The normalized spacial score (nSPS) is 29.6. The first-order valence-corrected chi connectivity index (χ1v) is 5.91. The van der Waals surface area contributed by atoms with Gasteiger partial charge in [0.2, 0.25) is 0 Å². The van der Waals surface area contributed by atoms with Crippen molar-refractivity contribution in [2.45, 2.75) is 19.3 Å². The summed E-state index contributed by atoms with van der Waals surface area (Å²) in [5.41, 5.74) is 8.51. The first-order chi connectivity index (χ1) is 6.86. The van der Waals surface area contributed by atoms with Crippen LogP contribution in [-0.4, -0.2) is 0 Å². The lowest BCUT2D eigenvalue weighted by atomic mass is 9.88. The Morgan fingerprint density at radius 2 is 2.21 bits per heavy atom. The molecule has 1 atom stereocenters. The van der Waals surface area contributed by atoms with Gasteiger partial charge in [-0.15, -0.1) is 0 Å². The van der Waals surface area contributed by atoms with Crippen molar-refractivity contribution < 1.29 is 0 Å². The van der Waals surface area contributed by atoms with Crippen molar-refractivity contribution in [2.75, 3.05) is 0 Å². The zero-order valence-corrected chi connectivity index (χ0v) is 8.81. The maximum atomic E-state index is 6.00. The van der Waals surface area contributed by atoms with E-state index >= 15 is 0 Å². The molecule has 0 spiro atoms. The van der Waals surface area contributed by atoms with Crippen LogP contribution in [0.25, 0.3) is 0 Å². The molecule has 14 heavy (non-hydrogen) atoms. The lowest BCUT2D eigenvalue weighted by Gasteiger charge is -2.17. The SMILES string of the molecule is NC1=C2SC3=C(C=CCC3)C2CC=C1. The minimum absolute atomic E-state index is 0.580. The maximum absolute atomic E-state index is 6.00. The van der Waals surface area contributed by atoms with Gasteiger partial charge in [0.15, 0.2) is 0 Å². The Kier molecular flexibility index (Phi) is 1.84. The van der Waals surface area contributed by atoms with Crippen LogP contribution in [0.2, 0.25) is 0 Å². The van der Waals surface area contributed by atoms with Crippen molar-refractivity contribution in [1.29, 1.82) is 0 Å². The van der Waals surface area contributed by atoms with Crippen LogP contribution in [0.5, 0.6) is 0 Å². The lowest BCUT2D eigenvalue weighted by molar-refractivity contribution is 0.758. The van der Waals surface area contributed by atoms with Crippen LogP contribution in [0.3, 0.4) is 0 Å². The number of thioether (sulfide) groups is 1. The Morgan fingerprint density at radius 1 is 1.29 bits per heavy atom. The molecule has 1 aliphatic heterocycles. The molecule has 0 radical (unpaired) electrons. The van der Waals surface area contributed by atoms with Gasteiger partial charge >= 0.3 is 0 Å². The fourth-order valence-electron chi connectivity index (χ4n) is 2.33. The van der Waals surface area contributed by atoms with E-state index in [1.165, 1.54) is 23.3 Å². The van der Waals surface area contributed by atoms with Crippen molar-refractivity contribution >= 4 is 11.8 Å². The molecule has 1 nitrogen and oxygen atoms in total. The first-order valence-electron chi connectivity index (χ1n) is 5.10. The van der Waals surface area contributed by atoms with Crippen LogP contribution in [-0.2, 0) is 0 Å². The van der Waals surface area contributed by atoms with Gasteiger partial charge in [0, 0.05) is 16.5 Å². The minimum atomic E-state index is 0.580. The third-order valence-corrected chi connectivity index (χ3v) is 4.46. The zero-order valence-electron chi connectivity index (χ0n) is 7.99. The molecule has 0 saturated carbocycles. The second kappa shape index (κ2) is 3.06. The van der Waals surface area contributed by atoms with E-state index in [9.17, 15) is 0 Å². The Bertz CT molecular complexity index is 399. The number of hydrogen-bond donors (Lipinski definition) is 1. The van der Waals surface area contributed by atoms with Gasteiger partial charge in [-0.2, -0.15) is 0 Å². The Morgan fingerprint density at radius 3 is 3.14 bits per heavy atom. The molecule has 72 valence electrons. The van der Waals surface area contributed by atoms with E-state index in [4.69, 9.17) is 5.73 Å². The van der Waals surface area contributed by atoms with Crippen molar-refractivity contribution in [3.63, 3.8) is 0 Å². The highest BCUT2D eigenvalue weighted by molar-refractivity contribution is 8.07. The zero-order chi connectivity index (χ0) is 9.54. The van der Waals surface area contributed by atoms with Gasteiger partial charge in [0.25, 0.3) is 0 Å². The summed E-state index contributed by atoms with van der Waals surface area (Å²) < 4.78 is 0. The molecule has 2 aliphatic carbocycles. The minimum Gasteiger partial charge on any atom is -0.398 e. The highest BCUT2D eigenvalue weighted by Crippen LogP contribution is 2.52. The van der Waals surface area contributed by atoms with Gasteiger partial charge in [-0.05, 0) is 35.8 Å². The average molecular weight is 203 g/mol. The van der Waals surface area contributed by atoms with Crippen LogP contribution in [0.15, 0.2) is 45.4 Å². The summed E-state index contributed by atoms with van der Waals surface area (Å²) in [6.07, 6.45) is 12.4. The second-order valence-corrected chi connectivity index (χ2v) is 5.07. The van der Waals surface area contributed by atoms with Gasteiger partial charge in [0.1, 0.15) is 0 Å². The van der Waals surface area contributed by atoms with Crippen LogP contribution in [0.4, 0.5) is 0 Å². The fraction of sp³-hybridized carbons (Fsp3) is 0.333. The highest BCUT2D eigenvalue weighted by Gasteiger charge is 2.32. The molecule has 0 fully saturated rings. The van der Waals surface area contributed by atoms with Gasteiger partial charge in [-0.1, -0.05) is 30.0 Å². The Labute approximate surface area is 88.4 Å². The largest absolute Gasteiger partial charge is 0.398 e. The fourth-order valence-corrected chi connectivity index (χ4v) is 3.70. The summed E-state index contributed by atoms with van der Waals surface area (Å²) >= 11 is 1.92. The number of allylic oxidation sites excluding steroid dienone is 7. The van der Waals surface area contributed by atoms with Crippen molar-refractivity contribution in [1.82, 2.24) is 0 Å². The lowest BCUT2D eigenvalue weighted by Crippen LogP contribution is -2.09. The molecule has 2 N–H and O–H groups in total. The summed E-state index contributed by atoms with van der Waals surface area (Å²) in [6, 6.07) is 0. The van der Waals surface area contributed by atoms with Crippen molar-refractivity contribution in [3.8, 4) is 0 Å². The van der Waals surface area contributed by atoms with Crippen LogP contribution in [0.1, 0.15) is 19.3 Å². The van der Waals surface area contributed by atoms with E-state index in [2.05, 4.69) is 24.3 Å². The quantitative estimate of drug-likeness (QED) is 0.654. The monoisotopic (exact) mass is 203 g/mol. The summed E-state index contributed by atoms with van der Waals surface area (Å²) in [6.45, 7) is 0. The number of nitrogens with two attached hydrogens (primary N) is 1. The second-order valence-electron chi connectivity index (χ2n) is 3.93. The van der Waals surface area contributed by atoms with E-state index < -0.39 is 0 Å². The molecular weight excluding hydrogens is 190 g/mol. The Balaban J connectivity index is 2.05. The van der Waals surface area contributed by atoms with Crippen molar-refractivity contribution in [3.05, 3.63) is 45.4 Å². The molecule has 0 saturated heterocycles. The first kappa shape index (κ1) is 8.42. The predicted octanol–water partition coefficient (Wildman–Crippen LogP) is 3.08. The molecule has 0 amide bonds. The third kappa shape index (κ3) is 1.10. The Hall–Kier alpha value is -0.890. The van der Waals surface area contributed by atoms with Crippen LogP contribution >= 0.6 is 11.8 Å². The number of rotatable bonds is 0. The molecule has 1 heterocycles. The average Bonchev–Trinajstić information content (AvgIpc) is 2.59. The van der Waals surface area contributed by atoms with Gasteiger partial charge < -0.3 is 5.73 Å².